The Morgan fingerprint density at radius 1 is 0.541 bits per heavy atom. The van der Waals surface area contributed by atoms with Crippen molar-refractivity contribution in [2.75, 3.05) is 0 Å². The normalized spacial score (nSPS) is 18.6. The first-order chi connectivity index (χ1) is 18.1. The SMILES string of the molecule is Cc1ccc(C2CC(c3ccc(Sc4ccc(C5=NOC(c6ccc(C)cc6)C5)cc4)cc3)=NO2)cc1. The fraction of sp³-hybridized carbons (Fsp3) is 0.188. The van der Waals surface area contributed by atoms with Gasteiger partial charge in [-0.15, -0.1) is 0 Å². The van der Waals surface area contributed by atoms with E-state index >= 15 is 0 Å². The third kappa shape index (κ3) is 5.32. The topological polar surface area (TPSA) is 43.2 Å². The van der Waals surface area contributed by atoms with Crippen LogP contribution in [0.2, 0.25) is 0 Å². The van der Waals surface area contributed by atoms with Gasteiger partial charge in [0, 0.05) is 22.6 Å². The van der Waals surface area contributed by atoms with Gasteiger partial charge in [0.05, 0.1) is 11.4 Å². The summed E-state index contributed by atoms with van der Waals surface area (Å²) >= 11 is 1.75. The monoisotopic (exact) mass is 504 g/mol. The largest absolute Gasteiger partial charge is 0.387 e. The highest BCUT2D eigenvalue weighted by molar-refractivity contribution is 7.99. The van der Waals surface area contributed by atoms with Gasteiger partial charge < -0.3 is 9.68 Å². The minimum atomic E-state index is -0.00907. The van der Waals surface area contributed by atoms with Crippen molar-refractivity contribution in [1.29, 1.82) is 0 Å². The van der Waals surface area contributed by atoms with E-state index in [-0.39, 0.29) is 12.2 Å². The van der Waals surface area contributed by atoms with Crippen LogP contribution in [-0.4, -0.2) is 11.4 Å². The Hall–Kier alpha value is -3.83. The molecule has 5 heteroatoms. The van der Waals surface area contributed by atoms with Gasteiger partial charge in [-0.3, -0.25) is 0 Å². The van der Waals surface area contributed by atoms with E-state index in [2.05, 4.69) is 121 Å². The molecule has 2 atom stereocenters. The van der Waals surface area contributed by atoms with Crippen LogP contribution >= 0.6 is 11.8 Å². The van der Waals surface area contributed by atoms with Gasteiger partial charge in [-0.2, -0.15) is 0 Å². The zero-order valence-corrected chi connectivity index (χ0v) is 21.7. The molecule has 37 heavy (non-hydrogen) atoms. The molecule has 0 saturated carbocycles. The molecule has 0 amide bonds. The fourth-order valence-electron chi connectivity index (χ4n) is 4.58. The Labute approximate surface area is 222 Å². The van der Waals surface area contributed by atoms with Gasteiger partial charge in [0.2, 0.25) is 0 Å². The second-order valence-corrected chi connectivity index (χ2v) is 10.8. The Balaban J connectivity index is 1.05. The first kappa shape index (κ1) is 23.6. The molecule has 4 nitrogen and oxygen atoms in total. The molecule has 6 rings (SSSR count). The molecule has 2 aliphatic heterocycles. The molecule has 0 aromatic heterocycles. The van der Waals surface area contributed by atoms with Crippen molar-refractivity contribution < 1.29 is 9.68 Å². The van der Waals surface area contributed by atoms with Crippen LogP contribution in [0.5, 0.6) is 0 Å². The van der Waals surface area contributed by atoms with E-state index in [0.717, 1.165) is 35.4 Å². The van der Waals surface area contributed by atoms with Crippen LogP contribution < -0.4 is 0 Å². The lowest BCUT2D eigenvalue weighted by molar-refractivity contribution is 0.0856. The summed E-state index contributed by atoms with van der Waals surface area (Å²) in [7, 11) is 0. The molecule has 2 unspecified atom stereocenters. The number of benzene rings is 4. The van der Waals surface area contributed by atoms with Gasteiger partial charge in [0.25, 0.3) is 0 Å². The van der Waals surface area contributed by atoms with Gasteiger partial charge in [0.15, 0.2) is 12.2 Å². The van der Waals surface area contributed by atoms with Crippen molar-refractivity contribution in [3.8, 4) is 0 Å². The lowest BCUT2D eigenvalue weighted by Gasteiger charge is -2.09. The lowest BCUT2D eigenvalue weighted by atomic mass is 10.00. The number of aryl methyl sites for hydroxylation is 2. The molecule has 4 aromatic carbocycles. The lowest BCUT2D eigenvalue weighted by Crippen LogP contribution is -2.01. The van der Waals surface area contributed by atoms with E-state index < -0.39 is 0 Å². The highest BCUT2D eigenvalue weighted by Crippen LogP contribution is 2.33. The van der Waals surface area contributed by atoms with E-state index in [1.54, 1.807) is 11.8 Å². The summed E-state index contributed by atoms with van der Waals surface area (Å²) in [6.07, 6.45) is 1.56. The molecular formula is C32H28N2O2S. The maximum Gasteiger partial charge on any atom is 0.158 e. The van der Waals surface area contributed by atoms with Crippen molar-refractivity contribution >= 4 is 23.2 Å². The summed E-state index contributed by atoms with van der Waals surface area (Å²) in [6.45, 7) is 4.19. The third-order valence-electron chi connectivity index (χ3n) is 6.85. The quantitative estimate of drug-likeness (QED) is 0.266. The van der Waals surface area contributed by atoms with E-state index in [4.69, 9.17) is 9.68 Å². The summed E-state index contributed by atoms with van der Waals surface area (Å²) < 4.78 is 0. The second kappa shape index (κ2) is 10.3. The molecule has 0 N–H and O–H groups in total. The molecule has 0 aliphatic carbocycles. The maximum absolute atomic E-state index is 5.73. The fourth-order valence-corrected chi connectivity index (χ4v) is 5.40. The molecule has 2 aliphatic rings. The smallest absolute Gasteiger partial charge is 0.158 e. The number of rotatable bonds is 6. The Bertz CT molecular complexity index is 1330. The van der Waals surface area contributed by atoms with Gasteiger partial charge in [-0.25, -0.2) is 0 Å². The van der Waals surface area contributed by atoms with Crippen LogP contribution in [0, 0.1) is 13.8 Å². The summed E-state index contributed by atoms with van der Waals surface area (Å²) in [5, 5.41) is 8.73. The van der Waals surface area contributed by atoms with Crippen LogP contribution in [-0.2, 0) is 9.68 Å². The number of hydrogen-bond acceptors (Lipinski definition) is 5. The van der Waals surface area contributed by atoms with Crippen molar-refractivity contribution in [3.63, 3.8) is 0 Å². The summed E-state index contributed by atoms with van der Waals surface area (Å²) in [4.78, 5) is 13.8. The van der Waals surface area contributed by atoms with Gasteiger partial charge in [0.1, 0.15) is 0 Å². The number of oxime groups is 2. The number of nitrogens with zero attached hydrogens (tertiary/aromatic N) is 2. The first-order valence-electron chi connectivity index (χ1n) is 12.6. The second-order valence-electron chi connectivity index (χ2n) is 9.64. The molecule has 0 bridgehead atoms. The highest BCUT2D eigenvalue weighted by atomic mass is 32.2. The van der Waals surface area contributed by atoms with Gasteiger partial charge in [-0.1, -0.05) is 106 Å². The van der Waals surface area contributed by atoms with Crippen molar-refractivity contribution in [2.45, 2.75) is 48.7 Å². The minimum absolute atomic E-state index is 0.00907. The molecule has 4 aromatic rings. The molecular weight excluding hydrogens is 476 g/mol. The Morgan fingerprint density at radius 3 is 1.30 bits per heavy atom. The minimum Gasteiger partial charge on any atom is -0.387 e. The number of hydrogen-bond donors (Lipinski definition) is 0. The van der Waals surface area contributed by atoms with E-state index in [1.165, 1.54) is 32.0 Å². The first-order valence-corrected chi connectivity index (χ1v) is 13.4. The average molecular weight is 505 g/mol. The van der Waals surface area contributed by atoms with Crippen molar-refractivity contribution in [3.05, 3.63) is 130 Å². The van der Waals surface area contributed by atoms with Gasteiger partial charge in [-0.05, 0) is 60.4 Å². The van der Waals surface area contributed by atoms with E-state index in [1.807, 2.05) is 0 Å². The van der Waals surface area contributed by atoms with Crippen LogP contribution in [0.4, 0.5) is 0 Å². The zero-order valence-electron chi connectivity index (χ0n) is 20.9. The molecule has 0 saturated heterocycles. The highest BCUT2D eigenvalue weighted by Gasteiger charge is 2.25. The summed E-state index contributed by atoms with van der Waals surface area (Å²) in [5.41, 5.74) is 9.04. The predicted molar refractivity (Wildman–Crippen MR) is 149 cm³/mol. The summed E-state index contributed by atoms with van der Waals surface area (Å²) in [6, 6.07) is 34.1. The van der Waals surface area contributed by atoms with Crippen LogP contribution in [0.3, 0.4) is 0 Å². The van der Waals surface area contributed by atoms with Crippen LogP contribution in [0.1, 0.15) is 58.4 Å². The van der Waals surface area contributed by atoms with E-state index in [0.29, 0.717) is 0 Å². The van der Waals surface area contributed by atoms with Crippen molar-refractivity contribution in [2.24, 2.45) is 10.3 Å². The molecule has 0 spiro atoms. The predicted octanol–water partition coefficient (Wildman–Crippen LogP) is 8.19. The van der Waals surface area contributed by atoms with E-state index in [9.17, 15) is 0 Å². The Morgan fingerprint density at radius 2 is 0.919 bits per heavy atom. The molecule has 0 radical (unpaired) electrons. The molecule has 184 valence electrons. The molecule has 2 heterocycles. The zero-order chi connectivity index (χ0) is 25.2. The van der Waals surface area contributed by atoms with Gasteiger partial charge >= 0.3 is 0 Å². The molecule has 0 fully saturated rings. The Kier molecular flexibility index (Phi) is 6.54. The van der Waals surface area contributed by atoms with Crippen molar-refractivity contribution in [1.82, 2.24) is 0 Å². The maximum atomic E-state index is 5.73. The van der Waals surface area contributed by atoms with Crippen LogP contribution in [0.15, 0.2) is 117 Å². The van der Waals surface area contributed by atoms with Crippen LogP contribution in [0.25, 0.3) is 0 Å². The standard InChI is InChI=1S/C32H28N2O2S/c1-21-3-7-25(8-4-21)31-19-29(33-35-31)23-11-15-27(16-12-23)37-28-17-13-24(14-18-28)30-20-32(36-34-30)26-9-5-22(2)6-10-26/h3-18,31-32H,19-20H2,1-2H3. The average Bonchev–Trinajstić information content (AvgIpc) is 3.62. The third-order valence-corrected chi connectivity index (χ3v) is 7.86. The summed E-state index contributed by atoms with van der Waals surface area (Å²) in [5.74, 6) is 0.